The van der Waals surface area contributed by atoms with Crippen molar-refractivity contribution in [2.75, 3.05) is 0 Å². The van der Waals surface area contributed by atoms with E-state index in [0.717, 1.165) is 35.7 Å². The van der Waals surface area contributed by atoms with Crippen LogP contribution in [0.1, 0.15) is 37.7 Å². The monoisotopic (exact) mass is 325 g/mol. The van der Waals surface area contributed by atoms with Crippen molar-refractivity contribution in [3.63, 3.8) is 0 Å². The standard InChI is InChI=1S/C14H16BrNOS/c15-12-8-6-11(7-9-12)14(18)16-13(17)10-4-2-1-3-5-10/h6-10H,1-5H2,(H,16,17,18). The third kappa shape index (κ3) is 3.62. The van der Waals surface area contributed by atoms with Gasteiger partial charge in [-0.05, 0) is 25.0 Å². The second-order valence-electron chi connectivity index (χ2n) is 4.66. The molecule has 18 heavy (non-hydrogen) atoms. The first-order chi connectivity index (χ1) is 8.66. The summed E-state index contributed by atoms with van der Waals surface area (Å²) in [4.78, 5) is 12.6. The summed E-state index contributed by atoms with van der Waals surface area (Å²) in [5.41, 5.74) is 0.886. The summed E-state index contributed by atoms with van der Waals surface area (Å²) in [5, 5.41) is 2.86. The Balaban J connectivity index is 1.94. The molecule has 0 aromatic heterocycles. The molecule has 1 amide bonds. The van der Waals surface area contributed by atoms with Crippen LogP contribution < -0.4 is 5.32 Å². The summed E-state index contributed by atoms with van der Waals surface area (Å²) >= 11 is 8.64. The van der Waals surface area contributed by atoms with Crippen LogP contribution in [0.25, 0.3) is 0 Å². The number of rotatable bonds is 2. The van der Waals surface area contributed by atoms with Crippen LogP contribution in [0.3, 0.4) is 0 Å². The molecule has 1 aliphatic carbocycles. The molecule has 1 saturated carbocycles. The summed E-state index contributed by atoms with van der Waals surface area (Å²) in [6.45, 7) is 0. The molecule has 2 rings (SSSR count). The molecule has 0 spiro atoms. The van der Waals surface area contributed by atoms with Gasteiger partial charge >= 0.3 is 0 Å². The lowest BCUT2D eigenvalue weighted by Gasteiger charge is -2.20. The highest BCUT2D eigenvalue weighted by Gasteiger charge is 2.21. The molecule has 0 unspecified atom stereocenters. The zero-order chi connectivity index (χ0) is 13.0. The van der Waals surface area contributed by atoms with E-state index in [2.05, 4.69) is 21.2 Å². The van der Waals surface area contributed by atoms with Crippen LogP contribution in [0.5, 0.6) is 0 Å². The molecule has 0 saturated heterocycles. The quantitative estimate of drug-likeness (QED) is 0.837. The van der Waals surface area contributed by atoms with Crippen molar-refractivity contribution in [2.24, 2.45) is 5.92 Å². The Morgan fingerprint density at radius 1 is 1.17 bits per heavy atom. The Morgan fingerprint density at radius 2 is 1.78 bits per heavy atom. The molecule has 0 bridgehead atoms. The minimum absolute atomic E-state index is 0.0858. The molecule has 1 aliphatic rings. The van der Waals surface area contributed by atoms with Gasteiger partial charge in [-0.25, -0.2) is 0 Å². The van der Waals surface area contributed by atoms with Crippen molar-refractivity contribution < 1.29 is 4.79 Å². The van der Waals surface area contributed by atoms with Gasteiger partial charge in [-0.3, -0.25) is 4.79 Å². The van der Waals surface area contributed by atoms with Crippen LogP contribution in [0.2, 0.25) is 0 Å². The van der Waals surface area contributed by atoms with Crippen LogP contribution in [0.4, 0.5) is 0 Å². The third-order valence-corrected chi connectivity index (χ3v) is 4.19. The van der Waals surface area contributed by atoms with Crippen LogP contribution in [-0.4, -0.2) is 10.9 Å². The van der Waals surface area contributed by atoms with Gasteiger partial charge < -0.3 is 5.32 Å². The lowest BCUT2D eigenvalue weighted by Crippen LogP contribution is -2.35. The minimum atomic E-state index is 0.0858. The van der Waals surface area contributed by atoms with Gasteiger partial charge in [0.1, 0.15) is 4.99 Å². The minimum Gasteiger partial charge on any atom is -0.316 e. The second kappa shape index (κ2) is 6.43. The Hall–Kier alpha value is -0.740. The molecule has 4 heteroatoms. The van der Waals surface area contributed by atoms with E-state index in [1.54, 1.807) is 0 Å². The number of benzene rings is 1. The number of thiocarbonyl (C=S) groups is 1. The normalized spacial score (nSPS) is 16.3. The highest BCUT2D eigenvalue weighted by atomic mass is 79.9. The number of carbonyl (C=O) groups is 1. The van der Waals surface area contributed by atoms with E-state index in [4.69, 9.17) is 12.2 Å². The Labute approximate surface area is 121 Å². The molecule has 1 aromatic rings. The topological polar surface area (TPSA) is 29.1 Å². The van der Waals surface area contributed by atoms with Crippen molar-refractivity contribution in [1.29, 1.82) is 0 Å². The Bertz CT molecular complexity index is 438. The molecule has 2 nitrogen and oxygen atoms in total. The van der Waals surface area contributed by atoms with Gasteiger partial charge in [0, 0.05) is 16.0 Å². The van der Waals surface area contributed by atoms with Gasteiger partial charge in [-0.2, -0.15) is 0 Å². The first-order valence-electron chi connectivity index (χ1n) is 6.27. The zero-order valence-corrected chi connectivity index (χ0v) is 12.5. The number of nitrogens with one attached hydrogen (secondary N) is 1. The maximum atomic E-state index is 12.0. The number of hydrogen-bond donors (Lipinski definition) is 1. The molecule has 0 atom stereocenters. The first-order valence-corrected chi connectivity index (χ1v) is 7.48. The summed E-state index contributed by atoms with van der Waals surface area (Å²) in [6.07, 6.45) is 5.55. The summed E-state index contributed by atoms with van der Waals surface area (Å²) in [7, 11) is 0. The van der Waals surface area contributed by atoms with E-state index in [1.807, 2.05) is 24.3 Å². The van der Waals surface area contributed by atoms with Gasteiger partial charge in [-0.15, -0.1) is 0 Å². The largest absolute Gasteiger partial charge is 0.316 e. The molecule has 1 aromatic carbocycles. The van der Waals surface area contributed by atoms with Crippen LogP contribution in [-0.2, 0) is 4.79 Å². The highest BCUT2D eigenvalue weighted by Crippen LogP contribution is 2.23. The number of carbonyl (C=O) groups excluding carboxylic acids is 1. The third-order valence-electron chi connectivity index (χ3n) is 3.32. The molecular formula is C14H16BrNOS. The average Bonchev–Trinajstić information content (AvgIpc) is 2.40. The second-order valence-corrected chi connectivity index (χ2v) is 5.98. The van der Waals surface area contributed by atoms with E-state index < -0.39 is 0 Å². The van der Waals surface area contributed by atoms with E-state index in [-0.39, 0.29) is 11.8 Å². The Morgan fingerprint density at radius 3 is 2.39 bits per heavy atom. The first kappa shape index (κ1) is 13.7. The molecule has 0 radical (unpaired) electrons. The van der Waals surface area contributed by atoms with Crippen molar-refractivity contribution in [1.82, 2.24) is 5.32 Å². The number of hydrogen-bond acceptors (Lipinski definition) is 2. The summed E-state index contributed by atoms with van der Waals surface area (Å²) < 4.78 is 1.01. The number of halogens is 1. The molecule has 1 fully saturated rings. The van der Waals surface area contributed by atoms with Crippen LogP contribution >= 0.6 is 28.1 Å². The highest BCUT2D eigenvalue weighted by molar-refractivity contribution is 9.10. The zero-order valence-electron chi connectivity index (χ0n) is 10.1. The predicted octanol–water partition coefficient (Wildman–Crippen LogP) is 3.82. The molecule has 1 N–H and O–H groups in total. The summed E-state index contributed by atoms with van der Waals surface area (Å²) in [6, 6.07) is 7.67. The summed E-state index contributed by atoms with van der Waals surface area (Å²) in [5.74, 6) is 0.231. The fourth-order valence-electron chi connectivity index (χ4n) is 2.25. The average molecular weight is 326 g/mol. The molecular weight excluding hydrogens is 310 g/mol. The number of amides is 1. The van der Waals surface area contributed by atoms with E-state index >= 15 is 0 Å². The van der Waals surface area contributed by atoms with Crippen molar-refractivity contribution in [3.8, 4) is 0 Å². The lowest BCUT2D eigenvalue weighted by molar-refractivity contribution is -0.124. The lowest BCUT2D eigenvalue weighted by atomic mass is 9.88. The van der Waals surface area contributed by atoms with Gasteiger partial charge in [-0.1, -0.05) is 59.5 Å². The van der Waals surface area contributed by atoms with Gasteiger partial charge in [0.25, 0.3) is 0 Å². The maximum Gasteiger partial charge on any atom is 0.228 e. The van der Waals surface area contributed by atoms with Gasteiger partial charge in [0.15, 0.2) is 0 Å². The fraction of sp³-hybridized carbons (Fsp3) is 0.429. The molecule has 0 aliphatic heterocycles. The molecule has 0 heterocycles. The SMILES string of the molecule is O=C(NC(=S)c1ccc(Br)cc1)C1CCCCC1. The van der Waals surface area contributed by atoms with Crippen molar-refractivity contribution in [2.45, 2.75) is 32.1 Å². The Kier molecular flexibility index (Phi) is 4.89. The fourth-order valence-corrected chi connectivity index (χ4v) is 2.75. The van der Waals surface area contributed by atoms with Crippen LogP contribution in [0, 0.1) is 5.92 Å². The van der Waals surface area contributed by atoms with E-state index in [9.17, 15) is 4.79 Å². The van der Waals surface area contributed by atoms with E-state index in [1.165, 1.54) is 6.42 Å². The van der Waals surface area contributed by atoms with Crippen LogP contribution in [0.15, 0.2) is 28.7 Å². The van der Waals surface area contributed by atoms with E-state index in [0.29, 0.717) is 4.99 Å². The van der Waals surface area contributed by atoms with Gasteiger partial charge in [0.05, 0.1) is 0 Å². The predicted molar refractivity (Wildman–Crippen MR) is 80.6 cm³/mol. The van der Waals surface area contributed by atoms with Crippen molar-refractivity contribution >= 4 is 39.0 Å². The maximum absolute atomic E-state index is 12.0. The van der Waals surface area contributed by atoms with Crippen molar-refractivity contribution in [3.05, 3.63) is 34.3 Å². The molecule has 96 valence electrons. The van der Waals surface area contributed by atoms with Gasteiger partial charge in [0.2, 0.25) is 5.91 Å². The smallest absolute Gasteiger partial charge is 0.228 e.